The van der Waals surface area contributed by atoms with Crippen molar-refractivity contribution in [1.29, 1.82) is 0 Å². The minimum atomic E-state index is 0.622. The molecule has 3 heterocycles. The number of thiazole rings is 1. The lowest BCUT2D eigenvalue weighted by atomic mass is 10.2. The van der Waals surface area contributed by atoms with Crippen molar-refractivity contribution in [1.82, 2.24) is 14.4 Å². The number of hydrogen-bond acceptors (Lipinski definition) is 4. The molecule has 0 fully saturated rings. The average molecular weight is 360 g/mol. The Labute approximate surface area is 133 Å². The molecule has 0 saturated heterocycles. The lowest BCUT2D eigenvalue weighted by Crippen LogP contribution is -1.92. The fourth-order valence-corrected chi connectivity index (χ4v) is 3.51. The van der Waals surface area contributed by atoms with Gasteiger partial charge in [0.25, 0.3) is 0 Å². The fraction of sp³-hybridized carbons (Fsp3) is 0.0667. The first-order chi connectivity index (χ1) is 10.4. The van der Waals surface area contributed by atoms with Crippen molar-refractivity contribution in [2.45, 2.75) is 5.33 Å². The third-order valence-electron chi connectivity index (χ3n) is 3.25. The van der Waals surface area contributed by atoms with E-state index in [0.29, 0.717) is 11.2 Å². The Bertz CT molecular complexity index is 926. The van der Waals surface area contributed by atoms with Crippen molar-refractivity contribution in [3.8, 4) is 11.6 Å². The first-order valence-corrected chi connectivity index (χ1v) is 8.39. The second kappa shape index (κ2) is 5.13. The van der Waals surface area contributed by atoms with Gasteiger partial charge in [0.1, 0.15) is 5.52 Å². The summed E-state index contributed by atoms with van der Waals surface area (Å²) in [7, 11) is 0. The second-order valence-corrected chi connectivity index (χ2v) is 5.92. The number of nitrogens with zero attached hydrogens (tertiary/aromatic N) is 3. The smallest absolute Gasteiger partial charge is 0.243 e. The number of halogens is 1. The number of benzene rings is 1. The Hall–Kier alpha value is -1.92. The molecule has 0 N–H and O–H groups in total. The van der Waals surface area contributed by atoms with Crippen LogP contribution in [-0.4, -0.2) is 14.4 Å². The molecule has 0 bridgehead atoms. The maximum atomic E-state index is 6.04. The highest BCUT2D eigenvalue weighted by atomic mass is 79.9. The summed E-state index contributed by atoms with van der Waals surface area (Å²) in [6.07, 6.45) is 3.77. The van der Waals surface area contributed by atoms with Crippen molar-refractivity contribution >= 4 is 43.1 Å². The van der Waals surface area contributed by atoms with Crippen LogP contribution >= 0.6 is 27.3 Å². The van der Waals surface area contributed by atoms with Gasteiger partial charge in [0.2, 0.25) is 5.88 Å². The lowest BCUT2D eigenvalue weighted by Gasteiger charge is -2.07. The van der Waals surface area contributed by atoms with Crippen molar-refractivity contribution in [2.75, 3.05) is 0 Å². The maximum absolute atomic E-state index is 6.04. The molecule has 4 aromatic rings. The molecule has 21 heavy (non-hydrogen) atoms. The predicted octanol–water partition coefficient (Wildman–Crippen LogP) is 4.63. The standard InChI is InChI=1S/C15H10BrN3OS/c16-9-11-14(18-15-19(11)7-8-21-15)20-12-5-1-3-10-4-2-6-17-13(10)12/h1-8H,9H2. The second-order valence-electron chi connectivity index (χ2n) is 4.49. The lowest BCUT2D eigenvalue weighted by molar-refractivity contribution is 0.466. The van der Waals surface area contributed by atoms with Crippen LogP contribution < -0.4 is 4.74 Å². The molecule has 0 aliphatic rings. The van der Waals surface area contributed by atoms with Gasteiger partial charge in [-0.15, -0.1) is 11.3 Å². The number of aromatic nitrogens is 3. The average Bonchev–Trinajstić information content (AvgIpc) is 3.08. The van der Waals surface area contributed by atoms with Crippen LogP contribution in [0, 0.1) is 0 Å². The van der Waals surface area contributed by atoms with E-state index in [1.165, 1.54) is 0 Å². The van der Waals surface area contributed by atoms with Gasteiger partial charge in [0.15, 0.2) is 10.7 Å². The maximum Gasteiger partial charge on any atom is 0.243 e. The Kier molecular flexibility index (Phi) is 3.12. The summed E-state index contributed by atoms with van der Waals surface area (Å²) in [5.74, 6) is 1.35. The Morgan fingerprint density at radius 1 is 1.24 bits per heavy atom. The number of fused-ring (bicyclic) bond motifs is 2. The van der Waals surface area contributed by atoms with Gasteiger partial charge in [-0.25, -0.2) is 0 Å². The van der Waals surface area contributed by atoms with E-state index in [9.17, 15) is 0 Å². The summed E-state index contributed by atoms with van der Waals surface area (Å²) < 4.78 is 8.07. The van der Waals surface area contributed by atoms with E-state index in [2.05, 4.69) is 25.9 Å². The van der Waals surface area contributed by atoms with Gasteiger partial charge in [-0.05, 0) is 12.1 Å². The van der Waals surface area contributed by atoms with Gasteiger partial charge in [0.05, 0.1) is 5.69 Å². The van der Waals surface area contributed by atoms with Crippen molar-refractivity contribution in [3.63, 3.8) is 0 Å². The molecular formula is C15H10BrN3OS. The molecule has 0 spiro atoms. The zero-order valence-corrected chi connectivity index (χ0v) is 13.3. The molecule has 4 nitrogen and oxygen atoms in total. The van der Waals surface area contributed by atoms with Crippen molar-refractivity contribution in [2.24, 2.45) is 0 Å². The van der Waals surface area contributed by atoms with Crippen LogP contribution in [0.2, 0.25) is 0 Å². The molecule has 0 saturated carbocycles. The number of rotatable bonds is 3. The topological polar surface area (TPSA) is 39.4 Å². The van der Waals surface area contributed by atoms with E-state index in [0.717, 1.165) is 27.3 Å². The molecule has 0 unspecified atom stereocenters. The highest BCUT2D eigenvalue weighted by Crippen LogP contribution is 2.32. The van der Waals surface area contributed by atoms with E-state index in [1.54, 1.807) is 17.5 Å². The van der Waals surface area contributed by atoms with Gasteiger partial charge in [-0.2, -0.15) is 4.98 Å². The highest BCUT2D eigenvalue weighted by molar-refractivity contribution is 9.08. The third kappa shape index (κ3) is 2.11. The zero-order valence-electron chi connectivity index (χ0n) is 10.9. The van der Waals surface area contributed by atoms with Gasteiger partial charge in [-0.1, -0.05) is 34.1 Å². The van der Waals surface area contributed by atoms with Crippen LogP contribution in [0.4, 0.5) is 0 Å². The van der Waals surface area contributed by atoms with E-state index >= 15 is 0 Å². The number of imidazole rings is 1. The van der Waals surface area contributed by atoms with Crippen LogP contribution in [-0.2, 0) is 5.33 Å². The van der Waals surface area contributed by atoms with Crippen LogP contribution in [0.15, 0.2) is 48.1 Å². The summed E-state index contributed by atoms with van der Waals surface area (Å²) >= 11 is 5.09. The van der Waals surface area contributed by atoms with Crippen molar-refractivity contribution < 1.29 is 4.74 Å². The number of alkyl halides is 1. The molecule has 0 aliphatic carbocycles. The quantitative estimate of drug-likeness (QED) is 0.500. The molecule has 4 rings (SSSR count). The number of pyridine rings is 1. The highest BCUT2D eigenvalue weighted by Gasteiger charge is 2.15. The van der Waals surface area contributed by atoms with Crippen LogP contribution in [0.3, 0.4) is 0 Å². The van der Waals surface area contributed by atoms with Crippen molar-refractivity contribution in [3.05, 3.63) is 53.8 Å². The molecule has 0 radical (unpaired) electrons. The van der Waals surface area contributed by atoms with E-state index in [4.69, 9.17) is 4.74 Å². The Balaban J connectivity index is 1.84. The summed E-state index contributed by atoms with van der Waals surface area (Å²) in [5, 5.41) is 3.74. The van der Waals surface area contributed by atoms with E-state index in [-0.39, 0.29) is 0 Å². The predicted molar refractivity (Wildman–Crippen MR) is 87.5 cm³/mol. The first-order valence-electron chi connectivity index (χ1n) is 6.39. The molecule has 6 heteroatoms. The molecule has 1 aromatic carbocycles. The summed E-state index contributed by atoms with van der Waals surface area (Å²) in [5.41, 5.74) is 1.84. The number of ether oxygens (including phenoxy) is 1. The summed E-state index contributed by atoms with van der Waals surface area (Å²) in [6, 6.07) is 9.84. The van der Waals surface area contributed by atoms with Crippen LogP contribution in [0.5, 0.6) is 11.6 Å². The number of hydrogen-bond donors (Lipinski definition) is 0. The molecule has 3 aromatic heterocycles. The summed E-state index contributed by atoms with van der Waals surface area (Å²) in [4.78, 5) is 9.88. The number of para-hydroxylation sites is 1. The SMILES string of the molecule is BrCc1c(Oc2cccc3cccnc23)nc2sccn12. The minimum absolute atomic E-state index is 0.622. The molecule has 0 amide bonds. The van der Waals surface area contributed by atoms with Gasteiger partial charge in [0, 0.05) is 28.5 Å². The third-order valence-corrected chi connectivity index (χ3v) is 4.54. The normalized spacial score (nSPS) is 11.3. The largest absolute Gasteiger partial charge is 0.435 e. The van der Waals surface area contributed by atoms with Gasteiger partial charge < -0.3 is 4.74 Å². The minimum Gasteiger partial charge on any atom is -0.435 e. The van der Waals surface area contributed by atoms with Crippen LogP contribution in [0.25, 0.3) is 15.9 Å². The molecule has 0 atom stereocenters. The molecule has 0 aliphatic heterocycles. The van der Waals surface area contributed by atoms with Crippen LogP contribution in [0.1, 0.15) is 5.69 Å². The molecular weight excluding hydrogens is 350 g/mol. The zero-order chi connectivity index (χ0) is 14.2. The van der Waals surface area contributed by atoms with Gasteiger partial charge >= 0.3 is 0 Å². The first kappa shape index (κ1) is 12.8. The van der Waals surface area contributed by atoms with E-state index < -0.39 is 0 Å². The Morgan fingerprint density at radius 2 is 2.14 bits per heavy atom. The fourth-order valence-electron chi connectivity index (χ4n) is 2.28. The Morgan fingerprint density at radius 3 is 3.05 bits per heavy atom. The van der Waals surface area contributed by atoms with E-state index in [1.807, 2.05) is 46.3 Å². The summed E-state index contributed by atoms with van der Waals surface area (Å²) in [6.45, 7) is 0. The molecule has 104 valence electrons. The van der Waals surface area contributed by atoms with Gasteiger partial charge in [-0.3, -0.25) is 9.38 Å². The monoisotopic (exact) mass is 359 g/mol.